The highest BCUT2D eigenvalue weighted by Gasteiger charge is 2.21. The second-order valence-electron chi connectivity index (χ2n) is 6.61. The van der Waals surface area contributed by atoms with Crippen LogP contribution in [-0.2, 0) is 16.1 Å². The van der Waals surface area contributed by atoms with Crippen LogP contribution in [0.3, 0.4) is 0 Å². The lowest BCUT2D eigenvalue weighted by molar-refractivity contribution is -0.113. The molecule has 25 heavy (non-hydrogen) atoms. The van der Waals surface area contributed by atoms with Gasteiger partial charge in [-0.3, -0.25) is 4.79 Å². The van der Waals surface area contributed by atoms with Crippen molar-refractivity contribution in [2.24, 2.45) is 5.92 Å². The Morgan fingerprint density at radius 2 is 2.28 bits per heavy atom. The van der Waals surface area contributed by atoms with Crippen LogP contribution in [-0.4, -0.2) is 33.0 Å². The van der Waals surface area contributed by atoms with E-state index < -0.39 is 0 Å². The zero-order valence-electron chi connectivity index (χ0n) is 14.6. The van der Waals surface area contributed by atoms with Gasteiger partial charge in [0.05, 0.1) is 12.4 Å². The molecule has 1 aliphatic rings. The molecule has 1 aromatic carbocycles. The van der Waals surface area contributed by atoms with Crippen LogP contribution >= 0.6 is 11.8 Å². The van der Waals surface area contributed by atoms with Crippen LogP contribution < -0.4 is 5.32 Å². The molecule has 0 atom stereocenters. The van der Waals surface area contributed by atoms with Gasteiger partial charge in [-0.15, -0.1) is 10.2 Å². The minimum Gasteiger partial charge on any atom is -0.376 e. The first-order valence-electron chi connectivity index (χ1n) is 8.60. The largest absolute Gasteiger partial charge is 0.376 e. The summed E-state index contributed by atoms with van der Waals surface area (Å²) in [5.74, 6) is 1.00. The first-order valence-corrected chi connectivity index (χ1v) is 9.59. The quantitative estimate of drug-likeness (QED) is 0.693. The predicted molar refractivity (Wildman–Crippen MR) is 98.6 cm³/mol. The van der Waals surface area contributed by atoms with E-state index in [-0.39, 0.29) is 11.9 Å². The molecule has 1 saturated carbocycles. The number of nitrogens with zero attached hydrogens (tertiary/aromatic N) is 3. The highest BCUT2D eigenvalue weighted by atomic mass is 32.2. The summed E-state index contributed by atoms with van der Waals surface area (Å²) in [5, 5.41) is 11.7. The molecule has 1 aromatic heterocycles. The van der Waals surface area contributed by atoms with Gasteiger partial charge in [-0.05, 0) is 50.3 Å². The van der Waals surface area contributed by atoms with Crippen molar-refractivity contribution in [3.63, 3.8) is 0 Å². The first-order chi connectivity index (χ1) is 12.1. The lowest BCUT2D eigenvalue weighted by Crippen LogP contribution is -2.15. The molecule has 3 rings (SSSR count). The molecule has 1 fully saturated rings. The van der Waals surface area contributed by atoms with Gasteiger partial charge in [0.1, 0.15) is 6.33 Å². The van der Waals surface area contributed by atoms with Crippen molar-refractivity contribution in [1.29, 1.82) is 0 Å². The number of nitrogens with one attached hydrogen (secondary N) is 1. The molecule has 0 saturated heterocycles. The zero-order valence-corrected chi connectivity index (χ0v) is 15.5. The molecular formula is C18H24N4O2S. The summed E-state index contributed by atoms with van der Waals surface area (Å²) in [6.07, 6.45) is 4.27. The Hall–Kier alpha value is -1.86. The van der Waals surface area contributed by atoms with E-state index in [0.717, 1.165) is 28.9 Å². The summed E-state index contributed by atoms with van der Waals surface area (Å²) < 4.78 is 7.65. The third kappa shape index (κ3) is 5.57. The standard InChI is InChI=1S/C18H24N4O2S/c1-13(2)22-12-19-21-18(22)25-11-17(23)20-16-5-3-4-15(8-16)10-24-9-14-6-7-14/h3-5,8,12-14H,6-7,9-11H2,1-2H3,(H,20,23). The van der Waals surface area contributed by atoms with Gasteiger partial charge < -0.3 is 14.6 Å². The first kappa shape index (κ1) is 17.9. The molecule has 7 heteroatoms. The SMILES string of the molecule is CC(C)n1cnnc1SCC(=O)Nc1cccc(COCC2CC2)c1. The molecule has 0 aliphatic heterocycles. The fourth-order valence-electron chi connectivity index (χ4n) is 2.38. The molecular weight excluding hydrogens is 336 g/mol. The summed E-state index contributed by atoms with van der Waals surface area (Å²) in [5.41, 5.74) is 1.87. The highest BCUT2D eigenvalue weighted by Crippen LogP contribution is 2.29. The maximum absolute atomic E-state index is 12.2. The fourth-order valence-corrected chi connectivity index (χ4v) is 3.23. The summed E-state index contributed by atoms with van der Waals surface area (Å²) in [4.78, 5) is 12.2. The lowest BCUT2D eigenvalue weighted by atomic mass is 10.2. The lowest BCUT2D eigenvalue weighted by Gasteiger charge is -2.10. The van der Waals surface area contributed by atoms with E-state index in [9.17, 15) is 4.79 Å². The molecule has 1 N–H and O–H groups in total. The van der Waals surface area contributed by atoms with Crippen molar-refractivity contribution in [2.75, 3.05) is 17.7 Å². The second-order valence-corrected chi connectivity index (χ2v) is 7.55. The molecule has 0 spiro atoms. The van der Waals surface area contributed by atoms with E-state index in [4.69, 9.17) is 4.74 Å². The normalized spacial score (nSPS) is 14.0. The number of hydrogen-bond acceptors (Lipinski definition) is 5. The van der Waals surface area contributed by atoms with E-state index in [2.05, 4.69) is 29.4 Å². The molecule has 0 bridgehead atoms. The van der Waals surface area contributed by atoms with Gasteiger partial charge in [0.25, 0.3) is 0 Å². The Morgan fingerprint density at radius 3 is 3.04 bits per heavy atom. The Bertz CT molecular complexity index is 713. The maximum atomic E-state index is 12.2. The summed E-state index contributed by atoms with van der Waals surface area (Å²) >= 11 is 1.39. The van der Waals surface area contributed by atoms with Gasteiger partial charge in [0, 0.05) is 18.3 Å². The third-order valence-electron chi connectivity index (χ3n) is 3.96. The number of hydrogen-bond donors (Lipinski definition) is 1. The van der Waals surface area contributed by atoms with Crippen LogP contribution in [0.25, 0.3) is 0 Å². The minimum atomic E-state index is -0.0562. The van der Waals surface area contributed by atoms with Crippen molar-refractivity contribution in [1.82, 2.24) is 14.8 Å². The molecule has 0 radical (unpaired) electrons. The van der Waals surface area contributed by atoms with Crippen molar-refractivity contribution >= 4 is 23.4 Å². The summed E-state index contributed by atoms with van der Waals surface area (Å²) in [7, 11) is 0. The molecule has 2 aromatic rings. The number of amides is 1. The van der Waals surface area contributed by atoms with Crippen LogP contribution in [0.2, 0.25) is 0 Å². The van der Waals surface area contributed by atoms with Crippen molar-refractivity contribution in [2.45, 2.75) is 44.5 Å². The van der Waals surface area contributed by atoms with Crippen LogP contribution in [0.1, 0.15) is 38.3 Å². The van der Waals surface area contributed by atoms with E-state index in [1.807, 2.05) is 28.8 Å². The van der Waals surface area contributed by atoms with Gasteiger partial charge >= 0.3 is 0 Å². The summed E-state index contributed by atoms with van der Waals surface area (Å²) in [6.45, 7) is 5.55. The maximum Gasteiger partial charge on any atom is 0.234 e. The number of benzene rings is 1. The number of aromatic nitrogens is 3. The number of ether oxygens (including phenoxy) is 1. The molecule has 1 heterocycles. The molecule has 1 amide bonds. The number of carbonyl (C=O) groups is 1. The molecule has 1 aliphatic carbocycles. The Morgan fingerprint density at radius 1 is 1.44 bits per heavy atom. The smallest absolute Gasteiger partial charge is 0.234 e. The van der Waals surface area contributed by atoms with Gasteiger partial charge in [0.2, 0.25) is 5.91 Å². The van der Waals surface area contributed by atoms with Crippen LogP contribution in [0, 0.1) is 5.92 Å². The van der Waals surface area contributed by atoms with Crippen molar-refractivity contribution in [3.8, 4) is 0 Å². The van der Waals surface area contributed by atoms with Gasteiger partial charge in [-0.2, -0.15) is 0 Å². The number of thioether (sulfide) groups is 1. The van der Waals surface area contributed by atoms with Crippen molar-refractivity contribution in [3.05, 3.63) is 36.2 Å². The Balaban J connectivity index is 1.47. The third-order valence-corrected chi connectivity index (χ3v) is 4.92. The Labute approximate surface area is 152 Å². The Kier molecular flexibility index (Phi) is 6.09. The van der Waals surface area contributed by atoms with Crippen LogP contribution in [0.5, 0.6) is 0 Å². The van der Waals surface area contributed by atoms with E-state index in [1.54, 1.807) is 6.33 Å². The average molecular weight is 360 g/mol. The molecule has 6 nitrogen and oxygen atoms in total. The minimum absolute atomic E-state index is 0.0562. The zero-order chi connectivity index (χ0) is 17.6. The van der Waals surface area contributed by atoms with Crippen LogP contribution in [0.15, 0.2) is 35.7 Å². The average Bonchev–Trinajstić information content (AvgIpc) is 3.28. The van der Waals surface area contributed by atoms with E-state index >= 15 is 0 Å². The van der Waals surface area contributed by atoms with Crippen molar-refractivity contribution < 1.29 is 9.53 Å². The highest BCUT2D eigenvalue weighted by molar-refractivity contribution is 7.99. The number of rotatable bonds is 9. The van der Waals surface area contributed by atoms with Gasteiger partial charge in [-0.25, -0.2) is 0 Å². The monoisotopic (exact) mass is 360 g/mol. The number of anilines is 1. The topological polar surface area (TPSA) is 69.0 Å². The fraction of sp³-hybridized carbons (Fsp3) is 0.500. The van der Waals surface area contributed by atoms with Crippen LogP contribution in [0.4, 0.5) is 5.69 Å². The second kappa shape index (κ2) is 8.49. The predicted octanol–water partition coefficient (Wildman–Crippen LogP) is 3.52. The van der Waals surface area contributed by atoms with Gasteiger partial charge in [-0.1, -0.05) is 23.9 Å². The van der Waals surface area contributed by atoms with E-state index in [1.165, 1.54) is 24.6 Å². The van der Waals surface area contributed by atoms with Gasteiger partial charge in [0.15, 0.2) is 5.16 Å². The van der Waals surface area contributed by atoms with E-state index in [0.29, 0.717) is 12.4 Å². The molecule has 0 unspecified atom stereocenters. The summed E-state index contributed by atoms with van der Waals surface area (Å²) in [6, 6.07) is 8.08. The number of carbonyl (C=O) groups excluding carboxylic acids is 1. The molecule has 134 valence electrons.